The Balaban J connectivity index is 2.22. The third-order valence-electron chi connectivity index (χ3n) is 2.96. The van der Waals surface area contributed by atoms with E-state index in [2.05, 4.69) is 48.0 Å². The summed E-state index contributed by atoms with van der Waals surface area (Å²) in [6.07, 6.45) is 2.26. The number of alkyl halides is 1. The fraction of sp³-hybridized carbons (Fsp3) is 0.538. The van der Waals surface area contributed by atoms with E-state index in [0.29, 0.717) is 10.7 Å². The van der Waals surface area contributed by atoms with Gasteiger partial charge in [-0.3, -0.25) is 0 Å². The van der Waals surface area contributed by atoms with E-state index in [0.717, 1.165) is 18.8 Å². The van der Waals surface area contributed by atoms with Gasteiger partial charge in [-0.1, -0.05) is 35.8 Å². The normalized spacial score (nSPS) is 23.9. The number of hydrogen-bond acceptors (Lipinski definition) is 1. The van der Waals surface area contributed by atoms with Gasteiger partial charge in [-0.15, -0.1) is 0 Å². The first-order valence-corrected chi connectivity index (χ1v) is 6.54. The Morgan fingerprint density at radius 3 is 2.93 bits per heavy atom. The van der Waals surface area contributed by atoms with E-state index >= 15 is 0 Å². The van der Waals surface area contributed by atoms with E-state index in [4.69, 9.17) is 4.74 Å². The summed E-state index contributed by atoms with van der Waals surface area (Å²) in [4.78, 5) is 0.507. The quantitative estimate of drug-likeness (QED) is 0.738. The van der Waals surface area contributed by atoms with E-state index in [1.165, 1.54) is 17.5 Å². The molecular weight excluding hydrogens is 252 g/mol. The highest BCUT2D eigenvalue weighted by Crippen LogP contribution is 2.45. The molecule has 1 aliphatic rings. The van der Waals surface area contributed by atoms with Gasteiger partial charge in [-0.2, -0.15) is 0 Å². The number of rotatable bonds is 3. The average Bonchev–Trinajstić information content (AvgIpc) is 2.52. The van der Waals surface area contributed by atoms with Gasteiger partial charge in [0.15, 0.2) is 0 Å². The van der Waals surface area contributed by atoms with Crippen molar-refractivity contribution in [3.63, 3.8) is 0 Å². The van der Waals surface area contributed by atoms with Crippen LogP contribution in [0.5, 0.6) is 5.75 Å². The van der Waals surface area contributed by atoms with Crippen LogP contribution in [-0.4, -0.2) is 6.61 Å². The molecule has 0 aromatic heterocycles. The van der Waals surface area contributed by atoms with Crippen LogP contribution >= 0.6 is 15.9 Å². The molecule has 82 valence electrons. The van der Waals surface area contributed by atoms with Crippen LogP contribution in [0.3, 0.4) is 0 Å². The minimum absolute atomic E-state index is 0.507. The second-order valence-corrected chi connectivity index (χ2v) is 5.35. The van der Waals surface area contributed by atoms with Crippen molar-refractivity contribution in [2.24, 2.45) is 0 Å². The van der Waals surface area contributed by atoms with Crippen LogP contribution in [0.1, 0.15) is 48.6 Å². The first kappa shape index (κ1) is 11.0. The predicted molar refractivity (Wildman–Crippen MR) is 66.9 cm³/mol. The van der Waals surface area contributed by atoms with Crippen LogP contribution in [0.15, 0.2) is 18.2 Å². The summed E-state index contributed by atoms with van der Waals surface area (Å²) in [6.45, 7) is 5.22. The maximum atomic E-state index is 5.64. The molecule has 0 heterocycles. The second kappa shape index (κ2) is 4.56. The summed E-state index contributed by atoms with van der Waals surface area (Å²) in [5, 5.41) is 0. The molecule has 15 heavy (non-hydrogen) atoms. The van der Waals surface area contributed by atoms with E-state index < -0.39 is 0 Å². The molecule has 0 N–H and O–H groups in total. The van der Waals surface area contributed by atoms with Gasteiger partial charge in [0.05, 0.1) is 6.61 Å². The van der Waals surface area contributed by atoms with Crippen molar-refractivity contribution < 1.29 is 4.74 Å². The molecule has 0 spiro atoms. The van der Waals surface area contributed by atoms with E-state index in [1.54, 1.807) is 0 Å². The van der Waals surface area contributed by atoms with Crippen molar-refractivity contribution >= 4 is 15.9 Å². The summed E-state index contributed by atoms with van der Waals surface area (Å²) in [6, 6.07) is 6.50. The molecule has 0 bridgehead atoms. The molecule has 0 saturated heterocycles. The Morgan fingerprint density at radius 2 is 2.20 bits per heavy atom. The summed E-state index contributed by atoms with van der Waals surface area (Å²) in [7, 11) is 0. The van der Waals surface area contributed by atoms with Gasteiger partial charge >= 0.3 is 0 Å². The lowest BCUT2D eigenvalue weighted by Crippen LogP contribution is -1.96. The SMILES string of the molecule is CCCOc1ccc2c(c1)C(Br)CC2C. The molecule has 2 unspecified atom stereocenters. The van der Waals surface area contributed by atoms with Crippen LogP contribution in [-0.2, 0) is 0 Å². The van der Waals surface area contributed by atoms with Crippen LogP contribution in [0.2, 0.25) is 0 Å². The highest BCUT2D eigenvalue weighted by molar-refractivity contribution is 9.09. The van der Waals surface area contributed by atoms with Gasteiger partial charge in [0.25, 0.3) is 0 Å². The third-order valence-corrected chi connectivity index (χ3v) is 3.83. The summed E-state index contributed by atoms with van der Waals surface area (Å²) in [5.41, 5.74) is 2.89. The molecule has 1 aliphatic carbocycles. The predicted octanol–water partition coefficient (Wildman–Crippen LogP) is 4.42. The zero-order valence-corrected chi connectivity index (χ0v) is 10.9. The van der Waals surface area contributed by atoms with Crippen molar-refractivity contribution in [2.45, 2.75) is 37.4 Å². The maximum absolute atomic E-state index is 5.64. The van der Waals surface area contributed by atoms with Crippen LogP contribution in [0, 0.1) is 0 Å². The number of hydrogen-bond donors (Lipinski definition) is 0. The lowest BCUT2D eigenvalue weighted by molar-refractivity contribution is 0.317. The van der Waals surface area contributed by atoms with Gasteiger partial charge in [0.1, 0.15) is 5.75 Å². The van der Waals surface area contributed by atoms with Crippen molar-refractivity contribution in [1.29, 1.82) is 0 Å². The molecule has 2 rings (SSSR count). The van der Waals surface area contributed by atoms with Crippen LogP contribution in [0.4, 0.5) is 0 Å². The van der Waals surface area contributed by atoms with Gasteiger partial charge < -0.3 is 4.74 Å². The lowest BCUT2D eigenvalue weighted by Gasteiger charge is -2.09. The van der Waals surface area contributed by atoms with Crippen molar-refractivity contribution in [2.75, 3.05) is 6.61 Å². The van der Waals surface area contributed by atoms with E-state index in [9.17, 15) is 0 Å². The highest BCUT2D eigenvalue weighted by Gasteiger charge is 2.26. The number of ether oxygens (including phenoxy) is 1. The standard InChI is InChI=1S/C13H17BrO/c1-3-6-15-10-4-5-11-9(2)7-13(14)12(11)8-10/h4-5,8-9,13H,3,6-7H2,1-2H3. The van der Waals surface area contributed by atoms with Gasteiger partial charge in [0, 0.05) is 4.83 Å². The molecular formula is C13H17BrO. The second-order valence-electron chi connectivity index (χ2n) is 4.24. The topological polar surface area (TPSA) is 9.23 Å². The first-order chi connectivity index (χ1) is 7.22. The Bertz CT molecular complexity index is 348. The van der Waals surface area contributed by atoms with Crippen LogP contribution < -0.4 is 4.74 Å². The summed E-state index contributed by atoms with van der Waals surface area (Å²) >= 11 is 3.72. The van der Waals surface area contributed by atoms with Crippen LogP contribution in [0.25, 0.3) is 0 Å². The Kier molecular flexibility index (Phi) is 3.35. The number of benzene rings is 1. The smallest absolute Gasteiger partial charge is 0.119 e. The third kappa shape index (κ3) is 2.20. The molecule has 0 aliphatic heterocycles. The average molecular weight is 269 g/mol. The molecule has 2 atom stereocenters. The van der Waals surface area contributed by atoms with Crippen molar-refractivity contribution in [3.05, 3.63) is 29.3 Å². The monoisotopic (exact) mass is 268 g/mol. The molecule has 1 nitrogen and oxygen atoms in total. The molecule has 0 amide bonds. The largest absolute Gasteiger partial charge is 0.494 e. The lowest BCUT2D eigenvalue weighted by atomic mass is 10.0. The van der Waals surface area contributed by atoms with Crippen molar-refractivity contribution in [1.82, 2.24) is 0 Å². The molecule has 1 aromatic carbocycles. The van der Waals surface area contributed by atoms with Gasteiger partial charge in [0.2, 0.25) is 0 Å². The van der Waals surface area contributed by atoms with Crippen molar-refractivity contribution in [3.8, 4) is 5.75 Å². The van der Waals surface area contributed by atoms with E-state index in [1.807, 2.05) is 0 Å². The Hall–Kier alpha value is -0.500. The van der Waals surface area contributed by atoms with E-state index in [-0.39, 0.29) is 0 Å². The van der Waals surface area contributed by atoms with Gasteiger partial charge in [-0.05, 0) is 42.0 Å². The fourth-order valence-corrected chi connectivity index (χ4v) is 3.10. The molecule has 0 fully saturated rings. The minimum Gasteiger partial charge on any atom is -0.494 e. The maximum Gasteiger partial charge on any atom is 0.119 e. The number of halogens is 1. The zero-order valence-electron chi connectivity index (χ0n) is 9.29. The Labute approximate surface area is 100.0 Å². The zero-order chi connectivity index (χ0) is 10.8. The minimum atomic E-state index is 0.507. The van der Waals surface area contributed by atoms with Gasteiger partial charge in [-0.25, -0.2) is 0 Å². The first-order valence-electron chi connectivity index (χ1n) is 5.63. The molecule has 2 heteroatoms. The molecule has 0 radical (unpaired) electrons. The summed E-state index contributed by atoms with van der Waals surface area (Å²) < 4.78 is 5.64. The fourth-order valence-electron chi connectivity index (χ4n) is 2.15. The molecule has 1 aromatic rings. The summed E-state index contributed by atoms with van der Waals surface area (Å²) in [5.74, 6) is 1.68. The highest BCUT2D eigenvalue weighted by atomic mass is 79.9. The Morgan fingerprint density at radius 1 is 1.40 bits per heavy atom. The number of fused-ring (bicyclic) bond motifs is 1. The molecule has 0 saturated carbocycles.